The van der Waals surface area contributed by atoms with Gasteiger partial charge in [-0.05, 0) is 49.6 Å². The zero-order valence-corrected chi connectivity index (χ0v) is 11.6. The molecule has 2 aromatic carbocycles. The Labute approximate surface area is 113 Å². The second kappa shape index (κ2) is 4.75. The molecular formula is C16H17ClO. The Morgan fingerprint density at radius 3 is 2.22 bits per heavy atom. The van der Waals surface area contributed by atoms with E-state index in [2.05, 4.69) is 6.07 Å². The fourth-order valence-corrected chi connectivity index (χ4v) is 2.32. The van der Waals surface area contributed by atoms with Gasteiger partial charge in [0.15, 0.2) is 0 Å². The summed E-state index contributed by atoms with van der Waals surface area (Å²) in [7, 11) is 0. The molecule has 1 nitrogen and oxygen atoms in total. The average Bonchev–Trinajstić information content (AvgIpc) is 2.32. The van der Waals surface area contributed by atoms with Crippen molar-refractivity contribution in [3.05, 3.63) is 69.7 Å². The third kappa shape index (κ3) is 2.43. The van der Waals surface area contributed by atoms with Crippen LogP contribution in [0.1, 0.15) is 29.2 Å². The van der Waals surface area contributed by atoms with Gasteiger partial charge in [0.05, 0.1) is 0 Å². The SMILES string of the molecule is Cc1ccc(C)c(C(C)(O)c2ccc(Cl)cc2)c1. The maximum atomic E-state index is 10.8. The van der Waals surface area contributed by atoms with E-state index in [1.54, 1.807) is 12.1 Å². The van der Waals surface area contributed by atoms with Crippen molar-refractivity contribution in [1.29, 1.82) is 0 Å². The first kappa shape index (κ1) is 13.1. The van der Waals surface area contributed by atoms with E-state index in [9.17, 15) is 5.11 Å². The number of hydrogen-bond donors (Lipinski definition) is 1. The molecule has 0 radical (unpaired) electrons. The molecule has 1 N–H and O–H groups in total. The minimum Gasteiger partial charge on any atom is -0.381 e. The van der Waals surface area contributed by atoms with Crippen LogP contribution >= 0.6 is 11.6 Å². The van der Waals surface area contributed by atoms with Crippen molar-refractivity contribution in [2.75, 3.05) is 0 Å². The first-order valence-corrected chi connectivity index (χ1v) is 6.35. The van der Waals surface area contributed by atoms with E-state index in [1.165, 1.54) is 0 Å². The van der Waals surface area contributed by atoms with Gasteiger partial charge in [-0.1, -0.05) is 47.5 Å². The van der Waals surface area contributed by atoms with Crippen LogP contribution in [0.5, 0.6) is 0 Å². The molecule has 0 aliphatic heterocycles. The third-order valence-corrected chi connectivity index (χ3v) is 3.58. The summed E-state index contributed by atoms with van der Waals surface area (Å²) >= 11 is 5.88. The summed E-state index contributed by atoms with van der Waals surface area (Å²) in [6.07, 6.45) is 0. The lowest BCUT2D eigenvalue weighted by Gasteiger charge is -2.27. The Morgan fingerprint density at radius 1 is 1.00 bits per heavy atom. The minimum atomic E-state index is -0.999. The first-order valence-electron chi connectivity index (χ1n) is 5.97. The monoisotopic (exact) mass is 260 g/mol. The summed E-state index contributed by atoms with van der Waals surface area (Å²) < 4.78 is 0. The summed E-state index contributed by atoms with van der Waals surface area (Å²) in [6, 6.07) is 13.5. The second-order valence-corrected chi connectivity index (χ2v) is 5.33. The molecule has 0 fully saturated rings. The highest BCUT2D eigenvalue weighted by molar-refractivity contribution is 6.30. The molecule has 0 amide bonds. The van der Waals surface area contributed by atoms with Gasteiger partial charge >= 0.3 is 0 Å². The lowest BCUT2D eigenvalue weighted by molar-refractivity contribution is 0.101. The molecule has 0 aliphatic rings. The molecule has 94 valence electrons. The zero-order valence-electron chi connectivity index (χ0n) is 10.9. The van der Waals surface area contributed by atoms with Crippen LogP contribution in [0.25, 0.3) is 0 Å². The lowest BCUT2D eigenvalue weighted by atomic mass is 9.85. The molecule has 1 unspecified atom stereocenters. The van der Waals surface area contributed by atoms with Crippen molar-refractivity contribution >= 4 is 11.6 Å². The quantitative estimate of drug-likeness (QED) is 0.858. The molecule has 0 spiro atoms. The standard InChI is InChI=1S/C16H17ClO/c1-11-4-5-12(2)15(10-11)16(3,18)13-6-8-14(17)9-7-13/h4-10,18H,1-3H3. The highest BCUT2D eigenvalue weighted by Gasteiger charge is 2.27. The van der Waals surface area contributed by atoms with E-state index < -0.39 is 5.60 Å². The number of hydrogen-bond acceptors (Lipinski definition) is 1. The molecule has 0 bridgehead atoms. The first-order chi connectivity index (χ1) is 8.41. The molecule has 0 heterocycles. The Kier molecular flexibility index (Phi) is 3.47. The van der Waals surface area contributed by atoms with E-state index in [1.807, 2.05) is 45.0 Å². The number of aryl methyl sites for hydroxylation is 2. The van der Waals surface area contributed by atoms with Crippen LogP contribution in [0, 0.1) is 13.8 Å². The smallest absolute Gasteiger partial charge is 0.112 e. The molecule has 2 rings (SSSR count). The van der Waals surface area contributed by atoms with Gasteiger partial charge in [0.25, 0.3) is 0 Å². The van der Waals surface area contributed by atoms with Crippen molar-refractivity contribution in [2.45, 2.75) is 26.4 Å². The van der Waals surface area contributed by atoms with E-state index in [4.69, 9.17) is 11.6 Å². The number of benzene rings is 2. The van der Waals surface area contributed by atoms with E-state index in [0.29, 0.717) is 5.02 Å². The Bertz CT molecular complexity index is 556. The number of rotatable bonds is 2. The van der Waals surface area contributed by atoms with Crippen LogP contribution in [-0.4, -0.2) is 5.11 Å². The molecule has 0 aromatic heterocycles. The van der Waals surface area contributed by atoms with Gasteiger partial charge in [-0.25, -0.2) is 0 Å². The molecule has 0 saturated heterocycles. The fraction of sp³-hybridized carbons (Fsp3) is 0.250. The van der Waals surface area contributed by atoms with E-state index in [0.717, 1.165) is 22.3 Å². The topological polar surface area (TPSA) is 20.2 Å². The highest BCUT2D eigenvalue weighted by Crippen LogP contribution is 2.32. The molecule has 2 heteroatoms. The Hall–Kier alpha value is -1.31. The third-order valence-electron chi connectivity index (χ3n) is 3.32. The van der Waals surface area contributed by atoms with Crippen LogP contribution in [0.3, 0.4) is 0 Å². The Balaban J connectivity index is 2.53. The number of aliphatic hydroxyl groups is 1. The normalized spacial score (nSPS) is 14.3. The maximum absolute atomic E-state index is 10.8. The molecule has 0 saturated carbocycles. The predicted molar refractivity (Wildman–Crippen MR) is 76.0 cm³/mol. The van der Waals surface area contributed by atoms with Gasteiger partial charge in [-0.15, -0.1) is 0 Å². The van der Waals surface area contributed by atoms with Gasteiger partial charge in [0, 0.05) is 5.02 Å². The van der Waals surface area contributed by atoms with Crippen LogP contribution in [-0.2, 0) is 5.60 Å². The summed E-state index contributed by atoms with van der Waals surface area (Å²) in [5, 5.41) is 11.5. The van der Waals surface area contributed by atoms with Crippen LogP contribution in [0.15, 0.2) is 42.5 Å². The van der Waals surface area contributed by atoms with Crippen molar-refractivity contribution in [3.63, 3.8) is 0 Å². The average molecular weight is 261 g/mol. The van der Waals surface area contributed by atoms with E-state index >= 15 is 0 Å². The van der Waals surface area contributed by atoms with Crippen LogP contribution in [0.4, 0.5) is 0 Å². The van der Waals surface area contributed by atoms with Crippen LogP contribution < -0.4 is 0 Å². The zero-order chi connectivity index (χ0) is 13.3. The molecule has 0 aliphatic carbocycles. The van der Waals surface area contributed by atoms with Crippen molar-refractivity contribution in [2.24, 2.45) is 0 Å². The molecule has 1 atom stereocenters. The van der Waals surface area contributed by atoms with E-state index in [-0.39, 0.29) is 0 Å². The highest BCUT2D eigenvalue weighted by atomic mass is 35.5. The van der Waals surface area contributed by atoms with Crippen molar-refractivity contribution in [3.8, 4) is 0 Å². The van der Waals surface area contributed by atoms with Crippen molar-refractivity contribution < 1.29 is 5.11 Å². The minimum absolute atomic E-state index is 0.676. The largest absolute Gasteiger partial charge is 0.381 e. The van der Waals surface area contributed by atoms with Crippen molar-refractivity contribution in [1.82, 2.24) is 0 Å². The predicted octanol–water partition coefficient (Wildman–Crippen LogP) is 4.21. The van der Waals surface area contributed by atoms with Gasteiger partial charge in [-0.3, -0.25) is 0 Å². The van der Waals surface area contributed by atoms with Gasteiger partial charge in [0.2, 0.25) is 0 Å². The lowest BCUT2D eigenvalue weighted by Crippen LogP contribution is -2.24. The molecule has 2 aromatic rings. The Morgan fingerprint density at radius 2 is 1.61 bits per heavy atom. The maximum Gasteiger partial charge on any atom is 0.112 e. The molecular weight excluding hydrogens is 244 g/mol. The summed E-state index contributed by atoms with van der Waals surface area (Å²) in [6.45, 7) is 5.86. The second-order valence-electron chi connectivity index (χ2n) is 4.90. The van der Waals surface area contributed by atoms with Gasteiger partial charge in [-0.2, -0.15) is 0 Å². The van der Waals surface area contributed by atoms with Gasteiger partial charge < -0.3 is 5.11 Å². The molecule has 18 heavy (non-hydrogen) atoms. The fourth-order valence-electron chi connectivity index (χ4n) is 2.19. The summed E-state index contributed by atoms with van der Waals surface area (Å²) in [4.78, 5) is 0. The summed E-state index contributed by atoms with van der Waals surface area (Å²) in [5.74, 6) is 0. The number of halogens is 1. The van der Waals surface area contributed by atoms with Crippen LogP contribution in [0.2, 0.25) is 5.02 Å². The summed E-state index contributed by atoms with van der Waals surface area (Å²) in [5.41, 5.74) is 3.01. The van der Waals surface area contributed by atoms with Gasteiger partial charge in [0.1, 0.15) is 5.60 Å².